The van der Waals surface area contributed by atoms with Crippen molar-refractivity contribution in [1.29, 1.82) is 0 Å². The molecule has 1 aromatic heterocycles. The Morgan fingerprint density at radius 3 is 2.43 bits per heavy atom. The summed E-state index contributed by atoms with van der Waals surface area (Å²) in [6.45, 7) is 2.98. The van der Waals surface area contributed by atoms with Crippen LogP contribution in [0.4, 0.5) is 0 Å². The van der Waals surface area contributed by atoms with Gasteiger partial charge in [0, 0.05) is 23.1 Å². The predicted molar refractivity (Wildman–Crippen MR) is 112 cm³/mol. The molecule has 0 saturated carbocycles. The van der Waals surface area contributed by atoms with Crippen LogP contribution < -0.4 is 9.47 Å². The molecule has 2 aromatic carbocycles. The highest BCUT2D eigenvalue weighted by Gasteiger charge is 2.18. The van der Waals surface area contributed by atoms with E-state index in [9.17, 15) is 4.79 Å². The van der Waals surface area contributed by atoms with Crippen molar-refractivity contribution in [3.8, 4) is 22.8 Å². The second-order valence-corrected chi connectivity index (χ2v) is 7.10. The SMILES string of the molecule is CCN(Cc1ccc(OC)c(OC)c1)C(=O)c1cc(-c2ccc(Br)cc2)n[nH]1. The first-order valence-electron chi connectivity index (χ1n) is 8.87. The molecule has 1 amide bonds. The zero-order chi connectivity index (χ0) is 20.1. The van der Waals surface area contributed by atoms with Crippen LogP contribution in [0.1, 0.15) is 23.0 Å². The highest BCUT2D eigenvalue weighted by molar-refractivity contribution is 9.10. The molecular weight excluding hydrogens is 422 g/mol. The summed E-state index contributed by atoms with van der Waals surface area (Å²) < 4.78 is 11.6. The highest BCUT2D eigenvalue weighted by Crippen LogP contribution is 2.28. The molecule has 0 radical (unpaired) electrons. The first-order valence-corrected chi connectivity index (χ1v) is 9.66. The van der Waals surface area contributed by atoms with Crippen LogP contribution in [-0.2, 0) is 6.54 Å². The molecule has 0 atom stereocenters. The molecule has 1 heterocycles. The molecule has 28 heavy (non-hydrogen) atoms. The quantitative estimate of drug-likeness (QED) is 0.582. The van der Waals surface area contributed by atoms with Gasteiger partial charge in [-0.2, -0.15) is 5.10 Å². The molecule has 0 fully saturated rings. The van der Waals surface area contributed by atoms with Gasteiger partial charge in [-0.1, -0.05) is 34.1 Å². The van der Waals surface area contributed by atoms with Gasteiger partial charge in [0.2, 0.25) is 0 Å². The fourth-order valence-electron chi connectivity index (χ4n) is 2.90. The van der Waals surface area contributed by atoms with E-state index in [4.69, 9.17) is 9.47 Å². The third-order valence-corrected chi connectivity index (χ3v) is 4.97. The summed E-state index contributed by atoms with van der Waals surface area (Å²) in [6, 6.07) is 15.2. The maximum absolute atomic E-state index is 12.9. The van der Waals surface area contributed by atoms with Gasteiger partial charge in [-0.25, -0.2) is 0 Å². The van der Waals surface area contributed by atoms with Crippen LogP contribution in [0.25, 0.3) is 11.3 Å². The van der Waals surface area contributed by atoms with Crippen molar-refractivity contribution in [2.75, 3.05) is 20.8 Å². The summed E-state index contributed by atoms with van der Waals surface area (Å²) in [7, 11) is 3.19. The van der Waals surface area contributed by atoms with Crippen molar-refractivity contribution in [2.24, 2.45) is 0 Å². The number of carbonyl (C=O) groups is 1. The number of nitrogens with one attached hydrogen (secondary N) is 1. The number of aromatic amines is 1. The van der Waals surface area contributed by atoms with Crippen molar-refractivity contribution >= 4 is 21.8 Å². The lowest BCUT2D eigenvalue weighted by atomic mass is 10.1. The van der Waals surface area contributed by atoms with Crippen LogP contribution >= 0.6 is 15.9 Å². The van der Waals surface area contributed by atoms with Crippen LogP contribution in [0.3, 0.4) is 0 Å². The van der Waals surface area contributed by atoms with E-state index in [2.05, 4.69) is 26.1 Å². The summed E-state index contributed by atoms with van der Waals surface area (Å²) in [4.78, 5) is 14.7. The number of aromatic nitrogens is 2. The molecule has 0 aliphatic heterocycles. The molecule has 6 nitrogen and oxygen atoms in total. The van der Waals surface area contributed by atoms with Crippen molar-refractivity contribution in [3.63, 3.8) is 0 Å². The number of ether oxygens (including phenoxy) is 2. The fraction of sp³-hybridized carbons (Fsp3) is 0.238. The number of methoxy groups -OCH3 is 2. The molecule has 0 bridgehead atoms. The Bertz CT molecular complexity index is 954. The average molecular weight is 444 g/mol. The Morgan fingerprint density at radius 2 is 1.79 bits per heavy atom. The summed E-state index contributed by atoms with van der Waals surface area (Å²) in [6.07, 6.45) is 0. The molecule has 0 aliphatic rings. The van der Waals surface area contributed by atoms with E-state index >= 15 is 0 Å². The van der Waals surface area contributed by atoms with Gasteiger partial charge in [-0.15, -0.1) is 0 Å². The van der Waals surface area contributed by atoms with Gasteiger partial charge in [0.05, 0.1) is 19.9 Å². The Kier molecular flexibility index (Phi) is 6.36. The highest BCUT2D eigenvalue weighted by atomic mass is 79.9. The van der Waals surface area contributed by atoms with Gasteiger partial charge in [0.15, 0.2) is 11.5 Å². The number of nitrogens with zero attached hydrogens (tertiary/aromatic N) is 2. The van der Waals surface area contributed by atoms with Gasteiger partial charge in [0.25, 0.3) is 5.91 Å². The lowest BCUT2D eigenvalue weighted by molar-refractivity contribution is 0.0746. The van der Waals surface area contributed by atoms with E-state index in [1.54, 1.807) is 25.2 Å². The standard InChI is InChI=1S/C21H22BrN3O3/c1-4-25(13-14-5-10-19(27-2)20(11-14)28-3)21(26)18-12-17(23-24-18)15-6-8-16(22)9-7-15/h5-12H,4,13H2,1-3H3,(H,23,24). The third-order valence-electron chi connectivity index (χ3n) is 4.44. The normalized spacial score (nSPS) is 10.6. The second-order valence-electron chi connectivity index (χ2n) is 6.18. The monoisotopic (exact) mass is 443 g/mol. The minimum absolute atomic E-state index is 0.104. The largest absolute Gasteiger partial charge is 0.493 e. The smallest absolute Gasteiger partial charge is 0.272 e. The van der Waals surface area contributed by atoms with Crippen LogP contribution in [-0.4, -0.2) is 41.8 Å². The van der Waals surface area contributed by atoms with Crippen molar-refractivity contribution < 1.29 is 14.3 Å². The summed E-state index contributed by atoms with van der Waals surface area (Å²) >= 11 is 3.42. The summed E-state index contributed by atoms with van der Waals surface area (Å²) in [5.74, 6) is 1.20. The van der Waals surface area contributed by atoms with E-state index in [1.165, 1.54) is 0 Å². The van der Waals surface area contributed by atoms with E-state index < -0.39 is 0 Å². The first-order chi connectivity index (χ1) is 13.5. The zero-order valence-electron chi connectivity index (χ0n) is 16.0. The minimum Gasteiger partial charge on any atom is -0.493 e. The van der Waals surface area contributed by atoms with E-state index in [0.717, 1.165) is 21.3 Å². The lowest BCUT2D eigenvalue weighted by Gasteiger charge is -2.20. The topological polar surface area (TPSA) is 67.5 Å². The molecule has 7 heteroatoms. The molecular formula is C21H22BrN3O3. The first kappa shape index (κ1) is 19.9. The van der Waals surface area contributed by atoms with Crippen molar-refractivity contribution in [3.05, 3.63) is 64.3 Å². The summed E-state index contributed by atoms with van der Waals surface area (Å²) in [5.41, 5.74) is 3.10. The Balaban J connectivity index is 1.78. The van der Waals surface area contributed by atoms with Crippen molar-refractivity contribution in [2.45, 2.75) is 13.5 Å². The lowest BCUT2D eigenvalue weighted by Crippen LogP contribution is -2.30. The molecule has 146 valence electrons. The van der Waals surface area contributed by atoms with Crippen LogP contribution in [0.2, 0.25) is 0 Å². The van der Waals surface area contributed by atoms with Gasteiger partial charge in [0.1, 0.15) is 5.69 Å². The molecule has 3 rings (SSSR count). The van der Waals surface area contributed by atoms with Gasteiger partial charge in [-0.3, -0.25) is 9.89 Å². The molecule has 0 spiro atoms. The van der Waals surface area contributed by atoms with Gasteiger partial charge in [-0.05, 0) is 42.8 Å². The fourth-order valence-corrected chi connectivity index (χ4v) is 3.16. The van der Waals surface area contributed by atoms with Crippen molar-refractivity contribution in [1.82, 2.24) is 15.1 Å². The number of hydrogen-bond acceptors (Lipinski definition) is 4. The third kappa shape index (κ3) is 4.36. The van der Waals surface area contributed by atoms with E-state index in [0.29, 0.717) is 30.3 Å². The Hall–Kier alpha value is -2.80. The number of hydrogen-bond donors (Lipinski definition) is 1. The van der Waals surface area contributed by atoms with E-state index in [-0.39, 0.29) is 5.91 Å². The number of carbonyl (C=O) groups excluding carboxylic acids is 1. The van der Waals surface area contributed by atoms with Gasteiger partial charge >= 0.3 is 0 Å². The summed E-state index contributed by atoms with van der Waals surface area (Å²) in [5, 5.41) is 7.15. The van der Waals surface area contributed by atoms with E-state index in [1.807, 2.05) is 49.4 Å². The Labute approximate surface area is 172 Å². The Morgan fingerprint density at radius 1 is 1.07 bits per heavy atom. The maximum Gasteiger partial charge on any atom is 0.272 e. The number of rotatable bonds is 7. The average Bonchev–Trinajstić information content (AvgIpc) is 3.22. The van der Waals surface area contributed by atoms with Gasteiger partial charge < -0.3 is 14.4 Å². The number of benzene rings is 2. The number of H-pyrrole nitrogens is 1. The second kappa shape index (κ2) is 8.93. The number of amides is 1. The minimum atomic E-state index is -0.104. The molecule has 0 saturated heterocycles. The molecule has 0 unspecified atom stereocenters. The predicted octanol–water partition coefficient (Wildman–Crippen LogP) is 4.52. The molecule has 1 N–H and O–H groups in total. The van der Waals surface area contributed by atoms with Crippen LogP contribution in [0.5, 0.6) is 11.5 Å². The van der Waals surface area contributed by atoms with Crippen LogP contribution in [0.15, 0.2) is 53.0 Å². The number of halogens is 1. The molecule has 3 aromatic rings. The van der Waals surface area contributed by atoms with Crippen LogP contribution in [0, 0.1) is 0 Å². The zero-order valence-corrected chi connectivity index (χ0v) is 17.6. The molecule has 0 aliphatic carbocycles. The maximum atomic E-state index is 12.9.